The van der Waals surface area contributed by atoms with Crippen LogP contribution in [0, 0.1) is 0 Å². The van der Waals surface area contributed by atoms with Crippen LogP contribution in [0.1, 0.15) is 25.3 Å². The Labute approximate surface area is 114 Å². The standard InChI is InChI=1S/C14H20NO3P/c1-5-11(3)13-9-7-8-10-14(13)18-19(15,16)17-12(4)6-2/h5-12H,1-2H2,3-4H3,(H2,15,16)/t11-,12-,19?/m0/s1. The minimum absolute atomic E-state index is 0.0630. The van der Waals surface area contributed by atoms with Crippen LogP contribution in [-0.4, -0.2) is 6.10 Å². The molecule has 0 saturated heterocycles. The zero-order chi connectivity index (χ0) is 14.5. The van der Waals surface area contributed by atoms with Crippen molar-refractivity contribution in [3.05, 3.63) is 55.1 Å². The molecule has 0 aromatic heterocycles. The molecule has 0 saturated carbocycles. The molecule has 3 atom stereocenters. The number of hydrogen-bond acceptors (Lipinski definition) is 3. The number of allylic oxidation sites excluding steroid dienone is 1. The molecule has 0 bridgehead atoms. The van der Waals surface area contributed by atoms with E-state index in [0.29, 0.717) is 5.75 Å². The summed E-state index contributed by atoms with van der Waals surface area (Å²) in [4.78, 5) is 0. The maximum atomic E-state index is 12.1. The Hall–Kier alpha value is -1.35. The predicted octanol–water partition coefficient (Wildman–Crippen LogP) is 4.01. The van der Waals surface area contributed by atoms with Gasteiger partial charge < -0.3 is 4.52 Å². The third-order valence-electron chi connectivity index (χ3n) is 2.63. The highest BCUT2D eigenvalue weighted by molar-refractivity contribution is 7.51. The molecule has 2 N–H and O–H groups in total. The number of rotatable bonds is 7. The van der Waals surface area contributed by atoms with E-state index in [4.69, 9.17) is 14.6 Å². The molecule has 0 heterocycles. The fourth-order valence-corrected chi connectivity index (χ4v) is 2.53. The molecule has 0 aliphatic rings. The molecule has 1 aromatic carbocycles. The summed E-state index contributed by atoms with van der Waals surface area (Å²) in [5, 5.41) is 0. The summed E-state index contributed by atoms with van der Waals surface area (Å²) in [6, 6.07) is 7.23. The molecular formula is C14H20NO3P. The predicted molar refractivity (Wildman–Crippen MR) is 78.2 cm³/mol. The van der Waals surface area contributed by atoms with Crippen molar-refractivity contribution in [2.24, 2.45) is 5.50 Å². The van der Waals surface area contributed by atoms with Crippen molar-refractivity contribution >= 4 is 7.75 Å². The van der Waals surface area contributed by atoms with Gasteiger partial charge in [-0.15, -0.1) is 13.2 Å². The topological polar surface area (TPSA) is 61.5 Å². The van der Waals surface area contributed by atoms with Gasteiger partial charge in [0.1, 0.15) is 5.75 Å². The first-order valence-corrected chi connectivity index (χ1v) is 7.61. The summed E-state index contributed by atoms with van der Waals surface area (Å²) in [5.41, 5.74) is 6.43. The van der Waals surface area contributed by atoms with Crippen LogP contribution in [0.5, 0.6) is 5.75 Å². The van der Waals surface area contributed by atoms with Gasteiger partial charge in [-0.2, -0.15) is 0 Å². The van der Waals surface area contributed by atoms with Crippen molar-refractivity contribution in [2.75, 3.05) is 0 Å². The van der Waals surface area contributed by atoms with Gasteiger partial charge in [0.25, 0.3) is 0 Å². The monoisotopic (exact) mass is 281 g/mol. The average molecular weight is 281 g/mol. The fraction of sp³-hybridized carbons (Fsp3) is 0.286. The summed E-state index contributed by atoms with van der Waals surface area (Å²) >= 11 is 0. The highest BCUT2D eigenvalue weighted by Crippen LogP contribution is 2.43. The van der Waals surface area contributed by atoms with E-state index in [0.717, 1.165) is 5.56 Å². The molecule has 0 amide bonds. The van der Waals surface area contributed by atoms with E-state index >= 15 is 0 Å². The zero-order valence-electron chi connectivity index (χ0n) is 11.3. The first kappa shape index (κ1) is 15.7. The smallest absolute Gasteiger partial charge is 0.413 e. The van der Waals surface area contributed by atoms with Crippen LogP contribution < -0.4 is 10.0 Å². The summed E-state index contributed by atoms with van der Waals surface area (Å²) in [6.07, 6.45) is 2.83. The number of nitrogens with two attached hydrogens (primary N) is 1. The van der Waals surface area contributed by atoms with E-state index in [1.165, 1.54) is 6.08 Å². The average Bonchev–Trinajstić information content (AvgIpc) is 2.37. The highest BCUT2D eigenvalue weighted by Gasteiger charge is 2.24. The third kappa shape index (κ3) is 4.67. The van der Waals surface area contributed by atoms with E-state index < -0.39 is 13.9 Å². The Morgan fingerprint density at radius 2 is 1.89 bits per heavy atom. The number of benzene rings is 1. The molecular weight excluding hydrogens is 261 g/mol. The molecule has 0 spiro atoms. The second kappa shape index (κ2) is 6.71. The second-order valence-corrected chi connectivity index (χ2v) is 5.71. The Morgan fingerprint density at radius 3 is 2.47 bits per heavy atom. The van der Waals surface area contributed by atoms with E-state index in [9.17, 15) is 4.57 Å². The van der Waals surface area contributed by atoms with Crippen LogP contribution in [0.25, 0.3) is 0 Å². The molecule has 1 rings (SSSR count). The van der Waals surface area contributed by atoms with Crippen molar-refractivity contribution in [1.82, 2.24) is 0 Å². The van der Waals surface area contributed by atoms with Crippen molar-refractivity contribution < 1.29 is 13.6 Å². The number of hydrogen-bond donors (Lipinski definition) is 1. The third-order valence-corrected chi connectivity index (χ3v) is 3.71. The van der Waals surface area contributed by atoms with E-state index in [2.05, 4.69) is 13.2 Å². The number of para-hydroxylation sites is 1. The maximum Gasteiger partial charge on any atom is 0.456 e. The van der Waals surface area contributed by atoms with Gasteiger partial charge in [-0.3, -0.25) is 4.52 Å². The molecule has 0 fully saturated rings. The summed E-state index contributed by atoms with van der Waals surface area (Å²) in [5.74, 6) is 0.505. The minimum Gasteiger partial charge on any atom is -0.413 e. The van der Waals surface area contributed by atoms with Crippen LogP contribution in [0.15, 0.2) is 49.6 Å². The van der Waals surface area contributed by atoms with Crippen LogP contribution in [0.4, 0.5) is 0 Å². The molecule has 4 nitrogen and oxygen atoms in total. The van der Waals surface area contributed by atoms with Gasteiger partial charge in [0.05, 0.1) is 6.10 Å². The zero-order valence-corrected chi connectivity index (χ0v) is 12.2. The summed E-state index contributed by atoms with van der Waals surface area (Å²) in [6.45, 7) is 10.9. The van der Waals surface area contributed by atoms with Crippen LogP contribution in [-0.2, 0) is 9.09 Å². The van der Waals surface area contributed by atoms with Gasteiger partial charge >= 0.3 is 7.75 Å². The molecule has 0 aliphatic heterocycles. The van der Waals surface area contributed by atoms with Gasteiger partial charge in [-0.05, 0) is 13.0 Å². The quantitative estimate of drug-likeness (QED) is 0.606. The fourth-order valence-electron chi connectivity index (χ4n) is 1.50. The summed E-state index contributed by atoms with van der Waals surface area (Å²) in [7, 11) is -3.67. The first-order valence-electron chi connectivity index (χ1n) is 6.00. The van der Waals surface area contributed by atoms with Crippen LogP contribution in [0.2, 0.25) is 0 Å². The van der Waals surface area contributed by atoms with Crippen molar-refractivity contribution in [1.29, 1.82) is 0 Å². The Kier molecular flexibility index (Phi) is 5.55. The van der Waals surface area contributed by atoms with E-state index in [-0.39, 0.29) is 5.92 Å². The molecule has 0 aliphatic carbocycles. The molecule has 1 unspecified atom stereocenters. The lowest BCUT2D eigenvalue weighted by Gasteiger charge is -2.20. The lowest BCUT2D eigenvalue weighted by atomic mass is 10.0. The Balaban J connectivity index is 2.96. The molecule has 0 radical (unpaired) electrons. The molecule has 5 heteroatoms. The first-order chi connectivity index (χ1) is 8.89. The minimum atomic E-state index is -3.67. The molecule has 19 heavy (non-hydrogen) atoms. The lowest BCUT2D eigenvalue weighted by molar-refractivity contribution is 0.230. The van der Waals surface area contributed by atoms with Gasteiger partial charge in [0.15, 0.2) is 0 Å². The Morgan fingerprint density at radius 1 is 1.26 bits per heavy atom. The van der Waals surface area contributed by atoms with Crippen molar-refractivity contribution in [3.8, 4) is 5.75 Å². The lowest BCUT2D eigenvalue weighted by Crippen LogP contribution is -2.12. The largest absolute Gasteiger partial charge is 0.456 e. The van der Waals surface area contributed by atoms with Gasteiger partial charge in [-0.25, -0.2) is 10.1 Å². The SMILES string of the molecule is C=C[C@H](C)OP(N)(=O)Oc1ccccc1[C@@H](C)C=C. The van der Waals surface area contributed by atoms with Crippen molar-refractivity contribution in [3.63, 3.8) is 0 Å². The van der Waals surface area contributed by atoms with Crippen molar-refractivity contribution in [2.45, 2.75) is 25.9 Å². The van der Waals surface area contributed by atoms with Gasteiger partial charge in [-0.1, -0.05) is 37.3 Å². The van der Waals surface area contributed by atoms with E-state index in [1.54, 1.807) is 25.1 Å². The summed E-state index contributed by atoms with van der Waals surface area (Å²) < 4.78 is 22.5. The van der Waals surface area contributed by atoms with Gasteiger partial charge in [0.2, 0.25) is 0 Å². The van der Waals surface area contributed by atoms with Crippen LogP contribution >= 0.6 is 7.75 Å². The molecule has 104 valence electrons. The molecule has 1 aromatic rings. The van der Waals surface area contributed by atoms with Gasteiger partial charge in [0, 0.05) is 11.5 Å². The Bertz CT molecular complexity index is 501. The maximum absolute atomic E-state index is 12.1. The normalized spacial score (nSPS) is 17.0. The highest BCUT2D eigenvalue weighted by atomic mass is 31.2. The van der Waals surface area contributed by atoms with E-state index in [1.807, 2.05) is 19.1 Å². The second-order valence-electron chi connectivity index (χ2n) is 4.24. The van der Waals surface area contributed by atoms with Crippen LogP contribution in [0.3, 0.4) is 0 Å².